The standard InChI is InChI=1S/C25H33F3N2OS/c26-25(27,28)21-11-13-22(14-12-21)29-30-23-15-17-24(18-16-23)31-19-9-7-5-3-1-2-4-6-8-10-20-32/h11-18,32H,1-10,19-20H2. The van der Waals surface area contributed by atoms with Gasteiger partial charge in [-0.3, -0.25) is 0 Å². The first-order chi connectivity index (χ1) is 15.5. The Morgan fingerprint density at radius 1 is 0.625 bits per heavy atom. The van der Waals surface area contributed by atoms with Crippen molar-refractivity contribution in [3.63, 3.8) is 0 Å². The van der Waals surface area contributed by atoms with Gasteiger partial charge in [0.2, 0.25) is 0 Å². The first kappa shape index (κ1) is 26.2. The van der Waals surface area contributed by atoms with E-state index in [1.165, 1.54) is 69.9 Å². The average molecular weight is 467 g/mol. The van der Waals surface area contributed by atoms with Crippen LogP contribution >= 0.6 is 12.6 Å². The highest BCUT2D eigenvalue weighted by atomic mass is 32.1. The van der Waals surface area contributed by atoms with Gasteiger partial charge in [0.15, 0.2) is 0 Å². The van der Waals surface area contributed by atoms with Crippen molar-refractivity contribution in [2.24, 2.45) is 10.2 Å². The Morgan fingerprint density at radius 3 is 1.53 bits per heavy atom. The maximum absolute atomic E-state index is 12.6. The molecule has 0 saturated heterocycles. The van der Waals surface area contributed by atoms with Crippen molar-refractivity contribution in [1.82, 2.24) is 0 Å². The molecule has 0 aliphatic rings. The van der Waals surface area contributed by atoms with E-state index in [9.17, 15) is 13.2 Å². The number of rotatable bonds is 15. The lowest BCUT2D eigenvalue weighted by Crippen LogP contribution is -2.03. The van der Waals surface area contributed by atoms with Crippen molar-refractivity contribution >= 4 is 24.0 Å². The zero-order valence-corrected chi connectivity index (χ0v) is 19.4. The fraction of sp³-hybridized carbons (Fsp3) is 0.520. The molecule has 0 saturated carbocycles. The van der Waals surface area contributed by atoms with E-state index < -0.39 is 11.7 Å². The highest BCUT2D eigenvalue weighted by molar-refractivity contribution is 7.80. The number of nitrogens with zero attached hydrogens (tertiary/aromatic N) is 2. The summed E-state index contributed by atoms with van der Waals surface area (Å²) >= 11 is 4.23. The second-order valence-corrected chi connectivity index (χ2v) is 8.29. The van der Waals surface area contributed by atoms with Crippen LogP contribution in [-0.2, 0) is 6.18 Å². The monoisotopic (exact) mass is 466 g/mol. The molecule has 32 heavy (non-hydrogen) atoms. The molecule has 0 spiro atoms. The molecule has 2 rings (SSSR count). The second-order valence-electron chi connectivity index (χ2n) is 7.85. The summed E-state index contributed by atoms with van der Waals surface area (Å²) < 4.78 is 43.5. The summed E-state index contributed by atoms with van der Waals surface area (Å²) in [4.78, 5) is 0. The van der Waals surface area contributed by atoms with Gasteiger partial charge in [0, 0.05) is 0 Å². The number of azo groups is 1. The van der Waals surface area contributed by atoms with Gasteiger partial charge in [-0.25, -0.2) is 0 Å². The Labute approximate surface area is 194 Å². The number of ether oxygens (including phenoxy) is 1. The van der Waals surface area contributed by atoms with Gasteiger partial charge in [-0.1, -0.05) is 51.4 Å². The molecule has 0 fully saturated rings. The molecule has 7 heteroatoms. The highest BCUT2D eigenvalue weighted by Gasteiger charge is 2.29. The minimum absolute atomic E-state index is 0.367. The van der Waals surface area contributed by atoms with Gasteiger partial charge < -0.3 is 4.74 Å². The number of hydrogen-bond acceptors (Lipinski definition) is 4. The molecule has 3 nitrogen and oxygen atoms in total. The predicted molar refractivity (Wildman–Crippen MR) is 128 cm³/mol. The summed E-state index contributed by atoms with van der Waals surface area (Å²) in [5, 5.41) is 8.04. The third kappa shape index (κ3) is 11.0. The highest BCUT2D eigenvalue weighted by Crippen LogP contribution is 2.30. The largest absolute Gasteiger partial charge is 0.494 e. The van der Waals surface area contributed by atoms with E-state index in [0.29, 0.717) is 18.0 Å². The molecule has 0 atom stereocenters. The zero-order chi connectivity index (χ0) is 23.1. The first-order valence-corrected chi connectivity index (χ1v) is 12.0. The van der Waals surface area contributed by atoms with Crippen LogP contribution in [0.25, 0.3) is 0 Å². The minimum Gasteiger partial charge on any atom is -0.494 e. The summed E-state index contributed by atoms with van der Waals surface area (Å²) in [5.41, 5.74) is 0.281. The number of hydrogen-bond donors (Lipinski definition) is 1. The van der Waals surface area contributed by atoms with Gasteiger partial charge in [0.25, 0.3) is 0 Å². The van der Waals surface area contributed by atoms with E-state index in [2.05, 4.69) is 22.9 Å². The molecule has 0 aliphatic carbocycles. The van der Waals surface area contributed by atoms with Crippen molar-refractivity contribution in [2.45, 2.75) is 70.4 Å². The van der Waals surface area contributed by atoms with Crippen molar-refractivity contribution in [3.8, 4) is 5.75 Å². The molecule has 0 aliphatic heterocycles. The van der Waals surface area contributed by atoms with E-state index in [0.717, 1.165) is 30.1 Å². The molecule has 2 aromatic rings. The Balaban J connectivity index is 1.57. The third-order valence-corrected chi connectivity index (χ3v) is 5.45. The Morgan fingerprint density at radius 2 is 1.06 bits per heavy atom. The molecule has 0 N–H and O–H groups in total. The normalized spacial score (nSPS) is 11.9. The lowest BCUT2D eigenvalue weighted by molar-refractivity contribution is -0.137. The molecule has 0 bridgehead atoms. The van der Waals surface area contributed by atoms with E-state index >= 15 is 0 Å². The van der Waals surface area contributed by atoms with Crippen LogP contribution in [0.4, 0.5) is 24.5 Å². The van der Waals surface area contributed by atoms with E-state index in [4.69, 9.17) is 4.74 Å². The minimum atomic E-state index is -4.35. The zero-order valence-electron chi connectivity index (χ0n) is 18.5. The lowest BCUT2D eigenvalue weighted by atomic mass is 10.1. The smallest absolute Gasteiger partial charge is 0.416 e. The molecule has 2 aromatic carbocycles. The summed E-state index contributed by atoms with van der Waals surface area (Å²) in [5.74, 6) is 1.78. The fourth-order valence-electron chi connectivity index (χ4n) is 3.26. The van der Waals surface area contributed by atoms with E-state index in [1.807, 2.05) is 12.1 Å². The van der Waals surface area contributed by atoms with Crippen LogP contribution in [0.2, 0.25) is 0 Å². The number of halogens is 3. The molecule has 0 amide bonds. The molecule has 0 radical (unpaired) electrons. The number of thiol groups is 1. The second kappa shape index (κ2) is 14.9. The third-order valence-electron chi connectivity index (χ3n) is 5.13. The van der Waals surface area contributed by atoms with Gasteiger partial charge in [-0.15, -0.1) is 0 Å². The van der Waals surface area contributed by atoms with Crippen molar-refractivity contribution in [2.75, 3.05) is 12.4 Å². The van der Waals surface area contributed by atoms with E-state index in [1.54, 1.807) is 12.1 Å². The maximum Gasteiger partial charge on any atom is 0.416 e. The summed E-state index contributed by atoms with van der Waals surface area (Å²) in [6.07, 6.45) is 8.31. The van der Waals surface area contributed by atoms with Gasteiger partial charge in [-0.05, 0) is 67.1 Å². The van der Waals surface area contributed by atoms with Crippen molar-refractivity contribution in [1.29, 1.82) is 0 Å². The van der Waals surface area contributed by atoms with Gasteiger partial charge >= 0.3 is 6.18 Å². The van der Waals surface area contributed by atoms with Gasteiger partial charge in [-0.2, -0.15) is 36.0 Å². The summed E-state index contributed by atoms with van der Waals surface area (Å²) in [6.45, 7) is 0.691. The molecule has 0 heterocycles. The fourth-order valence-corrected chi connectivity index (χ4v) is 3.48. The molecule has 176 valence electrons. The Hall–Kier alpha value is -2.02. The van der Waals surface area contributed by atoms with Crippen LogP contribution in [0.1, 0.15) is 69.8 Å². The molecular weight excluding hydrogens is 433 g/mol. The SMILES string of the molecule is FC(F)(F)c1ccc(N=Nc2ccc(OCCCCCCCCCCCCS)cc2)cc1. The Bertz CT molecular complexity index is 777. The number of unbranched alkanes of at least 4 members (excludes halogenated alkanes) is 9. The van der Waals surface area contributed by atoms with Gasteiger partial charge in [0.05, 0.1) is 23.5 Å². The van der Waals surface area contributed by atoms with Crippen LogP contribution in [0.3, 0.4) is 0 Å². The summed E-state index contributed by atoms with van der Waals surface area (Å²) in [6, 6.07) is 11.8. The predicted octanol–water partition coefficient (Wildman–Crippen LogP) is 9.33. The number of benzene rings is 2. The van der Waals surface area contributed by atoms with E-state index in [-0.39, 0.29) is 0 Å². The van der Waals surface area contributed by atoms with Crippen LogP contribution in [0.5, 0.6) is 5.75 Å². The lowest BCUT2D eigenvalue weighted by Gasteiger charge is -2.06. The number of alkyl halides is 3. The molecule has 0 unspecified atom stereocenters. The van der Waals surface area contributed by atoms with Crippen molar-refractivity contribution < 1.29 is 17.9 Å². The van der Waals surface area contributed by atoms with Crippen LogP contribution in [0, 0.1) is 0 Å². The quantitative estimate of drug-likeness (QED) is 0.158. The summed E-state index contributed by atoms with van der Waals surface area (Å²) in [7, 11) is 0. The van der Waals surface area contributed by atoms with Crippen LogP contribution in [-0.4, -0.2) is 12.4 Å². The van der Waals surface area contributed by atoms with Crippen LogP contribution in [0.15, 0.2) is 58.8 Å². The first-order valence-electron chi connectivity index (χ1n) is 11.4. The Kier molecular flexibility index (Phi) is 12.2. The van der Waals surface area contributed by atoms with Gasteiger partial charge in [0.1, 0.15) is 5.75 Å². The average Bonchev–Trinajstić information content (AvgIpc) is 2.79. The van der Waals surface area contributed by atoms with Crippen molar-refractivity contribution in [3.05, 3.63) is 54.1 Å². The van der Waals surface area contributed by atoms with Crippen LogP contribution < -0.4 is 4.74 Å². The molecular formula is C25H33F3N2OS. The maximum atomic E-state index is 12.6. The molecule has 0 aromatic heterocycles. The topological polar surface area (TPSA) is 34.0 Å².